The number of aromatic nitrogens is 1. The Hall–Kier alpha value is -2.77. The molecule has 8 heteroatoms. The Labute approximate surface area is 150 Å². The molecule has 0 aliphatic heterocycles. The summed E-state index contributed by atoms with van der Waals surface area (Å²) in [7, 11) is 3.66. The average molecular weight is 367 g/mol. The quantitative estimate of drug-likeness (QED) is 0.553. The van der Waals surface area contributed by atoms with Crippen LogP contribution in [-0.2, 0) is 6.18 Å². The summed E-state index contributed by atoms with van der Waals surface area (Å²) in [5.41, 5.74) is 0.00150. The summed E-state index contributed by atoms with van der Waals surface area (Å²) < 4.78 is 48.8. The molecule has 0 radical (unpaired) electrons. The average Bonchev–Trinajstić information content (AvgIpc) is 2.55. The monoisotopic (exact) mass is 367 g/mol. The Morgan fingerprint density at radius 1 is 1.08 bits per heavy atom. The van der Waals surface area contributed by atoms with Gasteiger partial charge in [-0.05, 0) is 44.2 Å². The smallest absolute Gasteiger partial charge is 0.417 e. The number of nitrogens with zero attached hydrogens (tertiary/aromatic N) is 3. The Kier molecular flexibility index (Phi) is 6.07. The minimum absolute atomic E-state index is 0.0778. The third kappa shape index (κ3) is 5.65. The normalized spacial score (nSPS) is 13.3. The highest BCUT2D eigenvalue weighted by Gasteiger charge is 2.30. The second-order valence-electron chi connectivity index (χ2n) is 5.81. The maximum atomic E-state index is 12.5. The van der Waals surface area contributed by atoms with E-state index in [-0.39, 0.29) is 12.0 Å². The van der Waals surface area contributed by atoms with Crippen LogP contribution in [0.2, 0.25) is 0 Å². The molecule has 1 aromatic heterocycles. The molecular formula is C18H20F3N3O2. The van der Waals surface area contributed by atoms with Crippen molar-refractivity contribution in [1.29, 1.82) is 0 Å². The zero-order valence-electron chi connectivity index (χ0n) is 14.9. The number of rotatable bonds is 6. The van der Waals surface area contributed by atoms with Gasteiger partial charge in [-0.1, -0.05) is 0 Å². The van der Waals surface area contributed by atoms with E-state index in [0.717, 1.165) is 18.0 Å². The second kappa shape index (κ2) is 8.07. The largest absolute Gasteiger partial charge is 0.485 e. The Bertz CT molecular complexity index is 742. The predicted octanol–water partition coefficient (Wildman–Crippen LogP) is 4.60. The lowest BCUT2D eigenvalue weighted by atomic mass is 10.2. The lowest BCUT2D eigenvalue weighted by Gasteiger charge is -2.16. The molecule has 1 unspecified atom stereocenters. The number of hydrogen-bond acceptors (Lipinski definition) is 5. The molecule has 0 saturated carbocycles. The molecule has 1 heterocycles. The molecule has 140 valence electrons. The van der Waals surface area contributed by atoms with Gasteiger partial charge >= 0.3 is 6.18 Å². The van der Waals surface area contributed by atoms with Crippen molar-refractivity contribution in [3.05, 3.63) is 48.2 Å². The van der Waals surface area contributed by atoms with Crippen LogP contribution in [-0.4, -0.2) is 35.9 Å². The minimum atomic E-state index is -4.42. The van der Waals surface area contributed by atoms with Crippen LogP contribution >= 0.6 is 0 Å². The number of hydrogen-bond donors (Lipinski definition) is 0. The van der Waals surface area contributed by atoms with Gasteiger partial charge < -0.3 is 14.5 Å². The van der Waals surface area contributed by atoms with Crippen LogP contribution < -0.4 is 9.47 Å². The molecule has 0 fully saturated rings. The molecular weight excluding hydrogens is 347 g/mol. The van der Waals surface area contributed by atoms with Crippen molar-refractivity contribution < 1.29 is 22.6 Å². The highest BCUT2D eigenvalue weighted by Crippen LogP contribution is 2.30. The van der Waals surface area contributed by atoms with Crippen molar-refractivity contribution in [3.8, 4) is 17.4 Å². The van der Waals surface area contributed by atoms with E-state index in [9.17, 15) is 13.2 Å². The molecule has 2 aromatic rings. The first-order valence-corrected chi connectivity index (χ1v) is 7.85. The zero-order chi connectivity index (χ0) is 19.3. The van der Waals surface area contributed by atoms with E-state index in [1.807, 2.05) is 27.9 Å². The Balaban J connectivity index is 1.99. The van der Waals surface area contributed by atoms with E-state index in [2.05, 4.69) is 10.1 Å². The van der Waals surface area contributed by atoms with Crippen LogP contribution in [0.3, 0.4) is 0 Å². The van der Waals surface area contributed by atoms with E-state index >= 15 is 0 Å². The standard InChI is InChI=1S/C18H20F3N3O2/c1-12(23-24(3)4)13(2)25-15-6-8-16(9-7-15)26-17-10-5-14(11-22-17)18(19,20)21/h5-11,13H,1-4H3/b23-12+. The number of halogens is 3. The van der Waals surface area contributed by atoms with E-state index in [1.54, 1.807) is 29.3 Å². The summed E-state index contributed by atoms with van der Waals surface area (Å²) in [6.45, 7) is 3.76. The molecule has 5 nitrogen and oxygen atoms in total. The van der Waals surface area contributed by atoms with Gasteiger partial charge in [-0.2, -0.15) is 18.3 Å². The Morgan fingerprint density at radius 3 is 2.19 bits per heavy atom. The first-order chi connectivity index (χ1) is 12.1. The zero-order valence-corrected chi connectivity index (χ0v) is 14.9. The van der Waals surface area contributed by atoms with Crippen LogP contribution in [0.15, 0.2) is 47.7 Å². The molecule has 0 N–H and O–H groups in total. The molecule has 0 bridgehead atoms. The van der Waals surface area contributed by atoms with Gasteiger partial charge in [0.15, 0.2) is 0 Å². The van der Waals surface area contributed by atoms with Gasteiger partial charge in [0, 0.05) is 26.4 Å². The fourth-order valence-electron chi connectivity index (χ4n) is 2.00. The summed E-state index contributed by atoms with van der Waals surface area (Å²) in [6, 6.07) is 8.82. The summed E-state index contributed by atoms with van der Waals surface area (Å²) in [6.07, 6.45) is -3.89. The van der Waals surface area contributed by atoms with Crippen molar-refractivity contribution in [1.82, 2.24) is 9.99 Å². The van der Waals surface area contributed by atoms with Gasteiger partial charge in [0.25, 0.3) is 0 Å². The first-order valence-electron chi connectivity index (χ1n) is 7.85. The van der Waals surface area contributed by atoms with E-state index in [0.29, 0.717) is 11.5 Å². The number of pyridine rings is 1. The Morgan fingerprint density at radius 2 is 1.69 bits per heavy atom. The highest BCUT2D eigenvalue weighted by molar-refractivity contribution is 5.86. The van der Waals surface area contributed by atoms with Gasteiger partial charge in [0.2, 0.25) is 5.88 Å². The van der Waals surface area contributed by atoms with Crippen molar-refractivity contribution >= 4 is 5.71 Å². The maximum absolute atomic E-state index is 12.5. The molecule has 0 aliphatic carbocycles. The third-order valence-corrected chi connectivity index (χ3v) is 3.37. The predicted molar refractivity (Wildman–Crippen MR) is 92.6 cm³/mol. The minimum Gasteiger partial charge on any atom is -0.485 e. The summed E-state index contributed by atoms with van der Waals surface area (Å²) in [4.78, 5) is 3.67. The molecule has 1 aromatic carbocycles. The lowest BCUT2D eigenvalue weighted by molar-refractivity contribution is -0.137. The van der Waals surface area contributed by atoms with Crippen LogP contribution in [0.25, 0.3) is 0 Å². The fourth-order valence-corrected chi connectivity index (χ4v) is 2.00. The maximum Gasteiger partial charge on any atom is 0.417 e. The molecule has 2 rings (SSSR count). The number of alkyl halides is 3. The van der Waals surface area contributed by atoms with Crippen LogP contribution in [0.4, 0.5) is 13.2 Å². The lowest BCUT2D eigenvalue weighted by Crippen LogP contribution is -2.23. The molecule has 26 heavy (non-hydrogen) atoms. The third-order valence-electron chi connectivity index (χ3n) is 3.37. The van der Waals surface area contributed by atoms with Crippen molar-refractivity contribution in [2.24, 2.45) is 5.10 Å². The van der Waals surface area contributed by atoms with E-state index in [4.69, 9.17) is 9.47 Å². The summed E-state index contributed by atoms with van der Waals surface area (Å²) in [5, 5.41) is 5.98. The molecule has 0 aliphatic rings. The first kappa shape index (κ1) is 19.6. The molecule has 1 atom stereocenters. The topological polar surface area (TPSA) is 47.0 Å². The van der Waals surface area contributed by atoms with Crippen LogP contribution in [0.1, 0.15) is 19.4 Å². The fraction of sp³-hybridized carbons (Fsp3) is 0.333. The van der Waals surface area contributed by atoms with Gasteiger partial charge in [-0.15, -0.1) is 0 Å². The summed E-state index contributed by atoms with van der Waals surface area (Å²) in [5.74, 6) is 1.14. The van der Waals surface area contributed by atoms with Gasteiger partial charge in [-0.25, -0.2) is 4.98 Å². The van der Waals surface area contributed by atoms with Crippen molar-refractivity contribution in [2.45, 2.75) is 26.1 Å². The molecule has 0 saturated heterocycles. The van der Waals surface area contributed by atoms with E-state index in [1.165, 1.54) is 6.07 Å². The van der Waals surface area contributed by atoms with Crippen molar-refractivity contribution in [3.63, 3.8) is 0 Å². The van der Waals surface area contributed by atoms with Gasteiger partial charge in [0.1, 0.15) is 17.6 Å². The van der Waals surface area contributed by atoms with Crippen molar-refractivity contribution in [2.75, 3.05) is 14.1 Å². The van der Waals surface area contributed by atoms with Crippen LogP contribution in [0, 0.1) is 0 Å². The number of ether oxygens (including phenoxy) is 2. The number of hydrazone groups is 1. The SMILES string of the molecule is C/C(=N\N(C)C)C(C)Oc1ccc(Oc2ccc(C(F)(F)F)cn2)cc1. The van der Waals surface area contributed by atoms with Crippen LogP contribution in [0.5, 0.6) is 17.4 Å². The second-order valence-corrected chi connectivity index (χ2v) is 5.81. The van der Waals surface area contributed by atoms with E-state index < -0.39 is 11.7 Å². The molecule has 0 amide bonds. The highest BCUT2D eigenvalue weighted by atomic mass is 19.4. The van der Waals surface area contributed by atoms with Gasteiger partial charge in [-0.3, -0.25) is 0 Å². The van der Waals surface area contributed by atoms with Gasteiger partial charge in [0.05, 0.1) is 11.3 Å². The summed E-state index contributed by atoms with van der Waals surface area (Å²) >= 11 is 0. The number of benzene rings is 1. The molecule has 0 spiro atoms.